The Labute approximate surface area is 109 Å². The van der Waals surface area contributed by atoms with Crippen molar-refractivity contribution in [1.82, 2.24) is 5.32 Å². The molecule has 0 aliphatic heterocycles. The summed E-state index contributed by atoms with van der Waals surface area (Å²) in [5, 5.41) is 2.95. The third kappa shape index (κ3) is 4.04. The van der Waals surface area contributed by atoms with Gasteiger partial charge in [0, 0.05) is 0 Å². The van der Waals surface area contributed by atoms with E-state index in [1.807, 2.05) is 31.2 Å². The molecule has 0 fully saturated rings. The van der Waals surface area contributed by atoms with E-state index in [9.17, 15) is 4.79 Å². The van der Waals surface area contributed by atoms with Gasteiger partial charge >= 0.3 is 0 Å². The number of aryl methyl sites for hydroxylation is 1. The number of carbonyl (C=O) groups excluding carboxylic acids is 1. The molecule has 4 nitrogen and oxygen atoms in total. The molecule has 0 spiro atoms. The lowest BCUT2D eigenvalue weighted by atomic mass is 9.95. The zero-order chi connectivity index (χ0) is 13.6. The molecular formula is C14H22N2O2. The highest BCUT2D eigenvalue weighted by Gasteiger charge is 2.27. The van der Waals surface area contributed by atoms with E-state index < -0.39 is 5.54 Å². The maximum Gasteiger partial charge on any atom is 0.237 e. The molecule has 0 aliphatic carbocycles. The molecule has 0 bridgehead atoms. The van der Waals surface area contributed by atoms with Gasteiger partial charge in [-0.1, -0.05) is 17.7 Å². The van der Waals surface area contributed by atoms with Crippen LogP contribution in [-0.2, 0) is 4.79 Å². The second-order valence-electron chi connectivity index (χ2n) is 4.71. The molecule has 1 amide bonds. The molecule has 0 radical (unpaired) electrons. The monoisotopic (exact) mass is 250 g/mol. The van der Waals surface area contributed by atoms with E-state index in [-0.39, 0.29) is 5.91 Å². The van der Waals surface area contributed by atoms with E-state index in [0.29, 0.717) is 13.0 Å². The number of primary amides is 1. The number of ether oxygens (including phenoxy) is 1. The number of benzene rings is 1. The van der Waals surface area contributed by atoms with Gasteiger partial charge in [0.15, 0.2) is 0 Å². The van der Waals surface area contributed by atoms with Crippen molar-refractivity contribution in [1.29, 1.82) is 0 Å². The second-order valence-corrected chi connectivity index (χ2v) is 4.71. The minimum Gasteiger partial charge on any atom is -0.494 e. The first kappa shape index (κ1) is 14.5. The van der Waals surface area contributed by atoms with Gasteiger partial charge in [-0.25, -0.2) is 0 Å². The second kappa shape index (κ2) is 6.40. The summed E-state index contributed by atoms with van der Waals surface area (Å²) in [6.45, 7) is 4.42. The van der Waals surface area contributed by atoms with Crippen LogP contribution in [0.1, 0.15) is 25.3 Å². The van der Waals surface area contributed by atoms with Crippen LogP contribution < -0.4 is 15.8 Å². The average molecular weight is 250 g/mol. The van der Waals surface area contributed by atoms with Crippen molar-refractivity contribution >= 4 is 5.91 Å². The number of hydrogen-bond donors (Lipinski definition) is 2. The van der Waals surface area contributed by atoms with E-state index in [0.717, 1.165) is 12.2 Å². The van der Waals surface area contributed by atoms with Gasteiger partial charge in [-0.3, -0.25) is 4.79 Å². The molecule has 18 heavy (non-hydrogen) atoms. The minimum atomic E-state index is -0.656. The smallest absolute Gasteiger partial charge is 0.237 e. The summed E-state index contributed by atoms with van der Waals surface area (Å²) in [5.74, 6) is 0.520. The van der Waals surface area contributed by atoms with Crippen LogP contribution in [0.15, 0.2) is 24.3 Å². The fourth-order valence-corrected chi connectivity index (χ4v) is 1.62. The zero-order valence-corrected chi connectivity index (χ0v) is 11.3. The van der Waals surface area contributed by atoms with Gasteiger partial charge in [0.25, 0.3) is 0 Å². The molecule has 0 saturated carbocycles. The third-order valence-corrected chi connectivity index (χ3v) is 3.21. The Bertz CT molecular complexity index is 389. The predicted molar refractivity (Wildman–Crippen MR) is 72.6 cm³/mol. The highest BCUT2D eigenvalue weighted by atomic mass is 16.5. The van der Waals surface area contributed by atoms with E-state index in [1.54, 1.807) is 14.0 Å². The van der Waals surface area contributed by atoms with Gasteiger partial charge in [-0.05, 0) is 45.9 Å². The molecule has 1 aromatic carbocycles. The first-order valence-corrected chi connectivity index (χ1v) is 6.16. The van der Waals surface area contributed by atoms with Crippen LogP contribution in [0.3, 0.4) is 0 Å². The van der Waals surface area contributed by atoms with Crippen LogP contribution in [-0.4, -0.2) is 25.1 Å². The van der Waals surface area contributed by atoms with E-state index in [2.05, 4.69) is 5.32 Å². The molecule has 1 atom stereocenters. The van der Waals surface area contributed by atoms with E-state index >= 15 is 0 Å². The number of carbonyl (C=O) groups is 1. The normalized spacial score (nSPS) is 13.9. The van der Waals surface area contributed by atoms with Crippen molar-refractivity contribution in [3.05, 3.63) is 29.8 Å². The van der Waals surface area contributed by atoms with Crippen molar-refractivity contribution in [2.75, 3.05) is 13.7 Å². The Morgan fingerprint density at radius 3 is 2.50 bits per heavy atom. The third-order valence-electron chi connectivity index (χ3n) is 3.21. The molecule has 0 heterocycles. The molecule has 0 aromatic heterocycles. The molecule has 1 unspecified atom stereocenters. The van der Waals surface area contributed by atoms with Crippen molar-refractivity contribution in [3.63, 3.8) is 0 Å². The molecule has 1 aromatic rings. The minimum absolute atomic E-state index is 0.333. The van der Waals surface area contributed by atoms with Crippen LogP contribution in [0.4, 0.5) is 0 Å². The number of nitrogens with two attached hydrogens (primary N) is 1. The van der Waals surface area contributed by atoms with Gasteiger partial charge in [0.1, 0.15) is 5.75 Å². The fraction of sp³-hybridized carbons (Fsp3) is 0.500. The average Bonchev–Trinajstić information content (AvgIpc) is 2.36. The summed E-state index contributed by atoms with van der Waals surface area (Å²) in [6, 6.07) is 7.91. The summed E-state index contributed by atoms with van der Waals surface area (Å²) in [4.78, 5) is 11.3. The largest absolute Gasteiger partial charge is 0.494 e. The van der Waals surface area contributed by atoms with Crippen molar-refractivity contribution in [2.24, 2.45) is 5.73 Å². The van der Waals surface area contributed by atoms with Crippen LogP contribution in [0.5, 0.6) is 5.75 Å². The summed E-state index contributed by atoms with van der Waals surface area (Å²) in [7, 11) is 1.74. The number of amides is 1. The number of hydrogen-bond acceptors (Lipinski definition) is 3. The summed E-state index contributed by atoms with van der Waals surface area (Å²) in [5.41, 5.74) is 5.90. The van der Waals surface area contributed by atoms with Gasteiger partial charge in [0.05, 0.1) is 12.1 Å². The van der Waals surface area contributed by atoms with E-state index in [1.165, 1.54) is 5.56 Å². The summed E-state index contributed by atoms with van der Waals surface area (Å²) < 4.78 is 5.60. The first-order chi connectivity index (χ1) is 8.48. The Morgan fingerprint density at radius 1 is 1.39 bits per heavy atom. The fourth-order valence-electron chi connectivity index (χ4n) is 1.62. The van der Waals surface area contributed by atoms with E-state index in [4.69, 9.17) is 10.5 Å². The highest BCUT2D eigenvalue weighted by molar-refractivity contribution is 5.84. The molecule has 0 aliphatic rings. The lowest BCUT2D eigenvalue weighted by Gasteiger charge is -2.25. The zero-order valence-electron chi connectivity index (χ0n) is 11.3. The maximum atomic E-state index is 11.3. The number of likely N-dealkylation sites (N-methyl/N-ethyl adjacent to an activating group) is 1. The van der Waals surface area contributed by atoms with Crippen LogP contribution in [0.2, 0.25) is 0 Å². The number of nitrogens with one attached hydrogen (secondary N) is 1. The predicted octanol–water partition coefficient (Wildman–Crippen LogP) is 1.62. The van der Waals surface area contributed by atoms with Crippen LogP contribution in [0.25, 0.3) is 0 Å². The molecule has 100 valence electrons. The van der Waals surface area contributed by atoms with Crippen molar-refractivity contribution in [2.45, 2.75) is 32.2 Å². The lowest BCUT2D eigenvalue weighted by Crippen LogP contribution is -2.51. The molecule has 3 N–H and O–H groups in total. The van der Waals surface area contributed by atoms with Crippen LogP contribution in [0, 0.1) is 6.92 Å². The van der Waals surface area contributed by atoms with Gasteiger partial charge in [0.2, 0.25) is 5.91 Å². The van der Waals surface area contributed by atoms with Gasteiger partial charge < -0.3 is 15.8 Å². The van der Waals surface area contributed by atoms with Crippen molar-refractivity contribution in [3.8, 4) is 5.75 Å². The Hall–Kier alpha value is -1.55. The number of rotatable bonds is 7. The maximum absolute atomic E-state index is 11.3. The highest BCUT2D eigenvalue weighted by Crippen LogP contribution is 2.14. The van der Waals surface area contributed by atoms with Crippen LogP contribution >= 0.6 is 0 Å². The summed E-state index contributed by atoms with van der Waals surface area (Å²) >= 11 is 0. The molecule has 1 rings (SSSR count). The Balaban J connectivity index is 2.34. The van der Waals surface area contributed by atoms with Crippen molar-refractivity contribution < 1.29 is 9.53 Å². The quantitative estimate of drug-likeness (QED) is 0.723. The molecule has 4 heteroatoms. The lowest BCUT2D eigenvalue weighted by molar-refractivity contribution is -0.123. The molecule has 0 saturated heterocycles. The topological polar surface area (TPSA) is 64.3 Å². The van der Waals surface area contributed by atoms with Gasteiger partial charge in [-0.15, -0.1) is 0 Å². The standard InChI is InChI=1S/C14H22N2O2/c1-11-5-7-12(8-6-11)18-10-4-9-14(2,16-3)13(15)17/h5-8,16H,4,9-10H2,1-3H3,(H2,15,17). The SMILES string of the molecule is CNC(C)(CCCOc1ccc(C)cc1)C(N)=O. The molecular weight excluding hydrogens is 228 g/mol. The Kier molecular flexibility index (Phi) is 5.16. The van der Waals surface area contributed by atoms with Gasteiger partial charge in [-0.2, -0.15) is 0 Å². The first-order valence-electron chi connectivity index (χ1n) is 6.16. The Morgan fingerprint density at radius 2 is 2.00 bits per heavy atom. The summed E-state index contributed by atoms with van der Waals surface area (Å²) in [6.07, 6.45) is 1.43.